The minimum atomic E-state index is -3.89. The summed E-state index contributed by atoms with van der Waals surface area (Å²) < 4.78 is 33.8. The Bertz CT molecular complexity index is 835. The lowest BCUT2D eigenvalue weighted by molar-refractivity contribution is -0.158. The molecule has 1 aromatic rings. The van der Waals surface area contributed by atoms with Crippen LogP contribution in [-0.2, 0) is 24.3 Å². The van der Waals surface area contributed by atoms with Crippen molar-refractivity contribution in [2.75, 3.05) is 0 Å². The fourth-order valence-electron chi connectivity index (χ4n) is 3.35. The lowest BCUT2D eigenvalue weighted by Gasteiger charge is -2.37. The highest BCUT2D eigenvalue weighted by molar-refractivity contribution is 7.89. The van der Waals surface area contributed by atoms with Crippen LogP contribution in [0.15, 0.2) is 29.2 Å². The van der Waals surface area contributed by atoms with E-state index in [1.165, 1.54) is 19.1 Å². The van der Waals surface area contributed by atoms with E-state index in [2.05, 4.69) is 10.0 Å². The van der Waals surface area contributed by atoms with E-state index < -0.39 is 39.1 Å². The number of carbonyl (C=O) groups is 2. The first kappa shape index (κ1) is 23.3. The van der Waals surface area contributed by atoms with E-state index in [1.807, 2.05) is 6.92 Å². The zero-order valence-corrected chi connectivity index (χ0v) is 18.7. The summed E-state index contributed by atoms with van der Waals surface area (Å²) in [5, 5.41) is 2.66. The Morgan fingerprint density at radius 2 is 1.62 bits per heavy atom. The normalized spacial score (nSPS) is 18.0. The van der Waals surface area contributed by atoms with Crippen molar-refractivity contribution in [3.8, 4) is 0 Å². The number of esters is 1. The Morgan fingerprint density at radius 3 is 2.14 bits per heavy atom. The first-order valence-corrected chi connectivity index (χ1v) is 11.5. The first-order valence-electron chi connectivity index (χ1n) is 9.99. The third-order valence-electron chi connectivity index (χ3n) is 4.91. The molecule has 162 valence electrons. The number of carbonyl (C=O) groups excluding carboxylic acids is 2. The van der Waals surface area contributed by atoms with E-state index in [9.17, 15) is 18.0 Å². The third kappa shape index (κ3) is 6.27. The zero-order chi connectivity index (χ0) is 21.9. The van der Waals surface area contributed by atoms with Gasteiger partial charge in [0.25, 0.3) is 0 Å². The maximum atomic E-state index is 13.1. The molecule has 29 heavy (non-hydrogen) atoms. The highest BCUT2D eigenvalue weighted by atomic mass is 32.2. The fraction of sp³-hybridized carbons (Fsp3) is 0.619. The summed E-state index contributed by atoms with van der Waals surface area (Å²) in [5.74, 6) is -1.05. The van der Waals surface area contributed by atoms with Crippen molar-refractivity contribution in [2.45, 2.75) is 88.8 Å². The molecular weight excluding hydrogens is 392 g/mol. The van der Waals surface area contributed by atoms with E-state index >= 15 is 0 Å². The molecule has 1 amide bonds. The second kappa shape index (κ2) is 8.83. The molecule has 8 heteroatoms. The smallest absolute Gasteiger partial charge is 0.328 e. The molecule has 0 saturated heterocycles. The van der Waals surface area contributed by atoms with Gasteiger partial charge in [0.1, 0.15) is 17.2 Å². The van der Waals surface area contributed by atoms with Crippen LogP contribution in [-0.4, -0.2) is 37.5 Å². The predicted molar refractivity (Wildman–Crippen MR) is 111 cm³/mol. The van der Waals surface area contributed by atoms with E-state index in [4.69, 9.17) is 4.74 Å². The molecule has 0 unspecified atom stereocenters. The van der Waals surface area contributed by atoms with Gasteiger partial charge in [-0.3, -0.25) is 4.79 Å². The van der Waals surface area contributed by atoms with Gasteiger partial charge in [0.2, 0.25) is 15.9 Å². The lowest BCUT2D eigenvalue weighted by atomic mass is 9.81. The molecule has 1 atom stereocenters. The van der Waals surface area contributed by atoms with E-state index in [-0.39, 0.29) is 4.90 Å². The second-order valence-electron chi connectivity index (χ2n) is 8.79. The van der Waals surface area contributed by atoms with Crippen LogP contribution in [0.5, 0.6) is 0 Å². The number of benzene rings is 1. The standard InChI is InChI=1S/C21H32N2O5S/c1-15-9-11-17(12-10-15)29(26,27)23-21(13-7-6-8-14-21)19(25)22-16(2)18(24)28-20(3,4)5/h9-12,16,23H,6-8,13-14H2,1-5H3,(H,22,25)/t16-/m0/s1. The van der Waals surface area contributed by atoms with Crippen LogP contribution in [0.3, 0.4) is 0 Å². The molecule has 0 bridgehead atoms. The molecule has 0 heterocycles. The molecule has 1 saturated carbocycles. The minimum Gasteiger partial charge on any atom is -0.458 e. The quantitative estimate of drug-likeness (QED) is 0.684. The SMILES string of the molecule is Cc1ccc(S(=O)(=O)NC2(C(=O)N[C@@H](C)C(=O)OC(C)(C)C)CCCCC2)cc1. The van der Waals surface area contributed by atoms with Gasteiger partial charge in [-0.05, 0) is 59.6 Å². The molecular formula is C21H32N2O5S. The topological polar surface area (TPSA) is 102 Å². The average molecular weight is 425 g/mol. The van der Waals surface area contributed by atoms with Gasteiger partial charge < -0.3 is 10.1 Å². The summed E-state index contributed by atoms with van der Waals surface area (Å²) in [7, 11) is -3.89. The lowest BCUT2D eigenvalue weighted by Crippen LogP contribution is -2.61. The second-order valence-corrected chi connectivity index (χ2v) is 10.5. The Kier molecular flexibility index (Phi) is 7.11. The summed E-state index contributed by atoms with van der Waals surface area (Å²) in [4.78, 5) is 25.5. The summed E-state index contributed by atoms with van der Waals surface area (Å²) in [5.41, 5.74) is -1.01. The molecule has 0 aliphatic heterocycles. The minimum absolute atomic E-state index is 0.112. The van der Waals surface area contributed by atoms with E-state index in [0.717, 1.165) is 24.8 Å². The molecule has 0 spiro atoms. The average Bonchev–Trinajstić information content (AvgIpc) is 2.61. The number of sulfonamides is 1. The molecule has 0 aromatic heterocycles. The molecule has 1 aromatic carbocycles. The molecule has 2 N–H and O–H groups in total. The van der Waals surface area contributed by atoms with Gasteiger partial charge >= 0.3 is 5.97 Å². The van der Waals surface area contributed by atoms with Crippen LogP contribution >= 0.6 is 0 Å². The van der Waals surface area contributed by atoms with Gasteiger partial charge in [0.15, 0.2) is 0 Å². The molecule has 1 fully saturated rings. The summed E-state index contributed by atoms with van der Waals surface area (Å²) in [6, 6.07) is 5.59. The Labute approximate surface area is 173 Å². The van der Waals surface area contributed by atoms with Gasteiger partial charge in [0, 0.05) is 0 Å². The summed E-state index contributed by atoms with van der Waals surface area (Å²) in [6.07, 6.45) is 3.15. The van der Waals surface area contributed by atoms with Crippen molar-refractivity contribution in [2.24, 2.45) is 0 Å². The van der Waals surface area contributed by atoms with Crippen molar-refractivity contribution < 1.29 is 22.7 Å². The highest BCUT2D eigenvalue weighted by Gasteiger charge is 2.44. The van der Waals surface area contributed by atoms with Crippen molar-refractivity contribution in [1.82, 2.24) is 10.0 Å². The third-order valence-corrected chi connectivity index (χ3v) is 6.46. The van der Waals surface area contributed by atoms with Crippen LogP contribution in [0, 0.1) is 6.92 Å². The molecule has 2 rings (SSSR count). The van der Waals surface area contributed by atoms with Gasteiger partial charge in [-0.15, -0.1) is 0 Å². The van der Waals surface area contributed by atoms with Crippen LogP contribution < -0.4 is 10.0 Å². The predicted octanol–water partition coefficient (Wildman–Crippen LogP) is 2.82. The Balaban J connectivity index is 2.22. The van der Waals surface area contributed by atoms with Crippen LogP contribution in [0.1, 0.15) is 65.4 Å². The molecule has 7 nitrogen and oxygen atoms in total. The first-order chi connectivity index (χ1) is 13.3. The molecule has 1 aliphatic rings. The van der Waals surface area contributed by atoms with Gasteiger partial charge in [0.05, 0.1) is 4.90 Å². The van der Waals surface area contributed by atoms with Crippen LogP contribution in [0.2, 0.25) is 0 Å². The number of aryl methyl sites for hydroxylation is 1. The fourth-order valence-corrected chi connectivity index (χ4v) is 4.77. The van der Waals surface area contributed by atoms with Crippen LogP contribution in [0.4, 0.5) is 0 Å². The summed E-state index contributed by atoms with van der Waals surface area (Å²) >= 11 is 0. The van der Waals surface area contributed by atoms with Crippen molar-refractivity contribution in [3.05, 3.63) is 29.8 Å². The molecule has 0 radical (unpaired) electrons. The number of ether oxygens (including phenoxy) is 1. The van der Waals surface area contributed by atoms with Crippen molar-refractivity contribution in [3.63, 3.8) is 0 Å². The van der Waals surface area contributed by atoms with Gasteiger partial charge in [-0.25, -0.2) is 13.2 Å². The number of hydrogen-bond acceptors (Lipinski definition) is 5. The Morgan fingerprint density at radius 1 is 1.07 bits per heavy atom. The number of rotatable bonds is 6. The molecule has 1 aliphatic carbocycles. The largest absolute Gasteiger partial charge is 0.458 e. The van der Waals surface area contributed by atoms with Crippen molar-refractivity contribution >= 4 is 21.9 Å². The summed E-state index contributed by atoms with van der Waals surface area (Å²) in [6.45, 7) is 8.66. The number of hydrogen-bond donors (Lipinski definition) is 2. The van der Waals surface area contributed by atoms with Crippen molar-refractivity contribution in [1.29, 1.82) is 0 Å². The Hall–Kier alpha value is -1.93. The van der Waals surface area contributed by atoms with Crippen LogP contribution in [0.25, 0.3) is 0 Å². The van der Waals surface area contributed by atoms with Gasteiger partial charge in [-0.2, -0.15) is 4.72 Å². The maximum absolute atomic E-state index is 13.1. The number of nitrogens with one attached hydrogen (secondary N) is 2. The van der Waals surface area contributed by atoms with E-state index in [0.29, 0.717) is 12.8 Å². The zero-order valence-electron chi connectivity index (χ0n) is 17.9. The maximum Gasteiger partial charge on any atom is 0.328 e. The monoisotopic (exact) mass is 424 g/mol. The number of amides is 1. The highest BCUT2D eigenvalue weighted by Crippen LogP contribution is 2.30. The van der Waals surface area contributed by atoms with Gasteiger partial charge in [-0.1, -0.05) is 37.0 Å². The van der Waals surface area contributed by atoms with E-state index in [1.54, 1.807) is 32.9 Å².